The highest BCUT2D eigenvalue weighted by molar-refractivity contribution is 6.10. The molecule has 3 heteroatoms. The van der Waals surface area contributed by atoms with E-state index in [4.69, 9.17) is 0 Å². The molecular weight excluding hydrogens is 212 g/mol. The van der Waals surface area contributed by atoms with Crippen molar-refractivity contribution in [1.82, 2.24) is 9.78 Å². The predicted molar refractivity (Wildman–Crippen MR) is 67.3 cm³/mol. The number of carbonyl (C=O) groups is 1. The maximum Gasteiger partial charge on any atom is 0.196 e. The van der Waals surface area contributed by atoms with Gasteiger partial charge >= 0.3 is 0 Å². The predicted octanol–water partition coefficient (Wildman–Crippen LogP) is 2.58. The molecule has 0 radical (unpaired) electrons. The Labute approximate surface area is 101 Å². The molecule has 1 aromatic carbocycles. The molecule has 0 unspecified atom stereocenters. The van der Waals surface area contributed by atoms with Crippen molar-refractivity contribution >= 4 is 5.78 Å². The summed E-state index contributed by atoms with van der Waals surface area (Å²) in [6.45, 7) is 5.81. The molecule has 0 aliphatic carbocycles. The van der Waals surface area contributed by atoms with Gasteiger partial charge in [0.2, 0.25) is 0 Å². The quantitative estimate of drug-likeness (QED) is 0.740. The van der Waals surface area contributed by atoms with Gasteiger partial charge in [0.05, 0.1) is 11.3 Å². The first-order valence-corrected chi connectivity index (χ1v) is 5.61. The Morgan fingerprint density at radius 1 is 1.18 bits per heavy atom. The van der Waals surface area contributed by atoms with Crippen LogP contribution in [0.1, 0.15) is 32.7 Å². The summed E-state index contributed by atoms with van der Waals surface area (Å²) in [5, 5.41) is 4.21. The van der Waals surface area contributed by atoms with Crippen molar-refractivity contribution in [2.45, 2.75) is 20.8 Å². The minimum atomic E-state index is 0.0526. The zero-order chi connectivity index (χ0) is 12.6. The molecule has 0 saturated heterocycles. The van der Waals surface area contributed by atoms with E-state index in [1.807, 2.05) is 46.0 Å². The summed E-state index contributed by atoms with van der Waals surface area (Å²) in [5.74, 6) is 0.0526. The van der Waals surface area contributed by atoms with E-state index in [2.05, 4.69) is 5.10 Å². The third kappa shape index (κ3) is 2.13. The Morgan fingerprint density at radius 2 is 1.88 bits per heavy atom. The van der Waals surface area contributed by atoms with E-state index in [1.165, 1.54) is 0 Å². The first-order valence-electron chi connectivity index (χ1n) is 5.61. The molecule has 0 bridgehead atoms. The smallest absolute Gasteiger partial charge is 0.196 e. The minimum Gasteiger partial charge on any atom is -0.288 e. The van der Waals surface area contributed by atoms with Crippen molar-refractivity contribution in [3.8, 4) is 0 Å². The molecular formula is C14H16N2O. The number of ketones is 1. The zero-order valence-electron chi connectivity index (χ0n) is 10.6. The Balaban J connectivity index is 2.50. The van der Waals surface area contributed by atoms with Crippen molar-refractivity contribution < 1.29 is 4.79 Å². The lowest BCUT2D eigenvalue weighted by Gasteiger charge is -2.05. The molecule has 0 fully saturated rings. The molecule has 0 aliphatic heterocycles. The SMILES string of the molecule is Cc1ccc(C)c(C(=O)c2cn(C)nc2C)c1. The van der Waals surface area contributed by atoms with Crippen molar-refractivity contribution in [1.29, 1.82) is 0 Å². The van der Waals surface area contributed by atoms with Gasteiger partial charge < -0.3 is 0 Å². The lowest BCUT2D eigenvalue weighted by Crippen LogP contribution is -2.04. The van der Waals surface area contributed by atoms with Crippen LogP contribution in [0.2, 0.25) is 0 Å². The van der Waals surface area contributed by atoms with Gasteiger partial charge in [0, 0.05) is 18.8 Å². The maximum atomic E-state index is 12.4. The third-order valence-electron chi connectivity index (χ3n) is 2.90. The first kappa shape index (κ1) is 11.6. The van der Waals surface area contributed by atoms with E-state index in [9.17, 15) is 4.79 Å². The first-order chi connectivity index (χ1) is 7.99. The molecule has 2 aromatic rings. The molecule has 1 aromatic heterocycles. The van der Waals surface area contributed by atoms with E-state index >= 15 is 0 Å². The molecule has 0 atom stereocenters. The van der Waals surface area contributed by atoms with Crippen LogP contribution in [0.15, 0.2) is 24.4 Å². The van der Waals surface area contributed by atoms with Gasteiger partial charge in [-0.15, -0.1) is 0 Å². The van der Waals surface area contributed by atoms with E-state index in [0.29, 0.717) is 5.56 Å². The Bertz CT molecular complexity index is 582. The van der Waals surface area contributed by atoms with Crippen molar-refractivity contribution in [3.05, 3.63) is 52.3 Å². The molecule has 0 spiro atoms. The van der Waals surface area contributed by atoms with Crippen LogP contribution in [-0.4, -0.2) is 15.6 Å². The highest BCUT2D eigenvalue weighted by Gasteiger charge is 2.16. The van der Waals surface area contributed by atoms with Gasteiger partial charge in [-0.25, -0.2) is 0 Å². The summed E-state index contributed by atoms with van der Waals surface area (Å²) < 4.78 is 1.67. The van der Waals surface area contributed by atoms with Crippen LogP contribution in [0.5, 0.6) is 0 Å². The number of hydrogen-bond acceptors (Lipinski definition) is 2. The fourth-order valence-corrected chi connectivity index (χ4v) is 1.95. The number of hydrogen-bond donors (Lipinski definition) is 0. The molecule has 88 valence electrons. The van der Waals surface area contributed by atoms with Gasteiger partial charge in [-0.05, 0) is 32.4 Å². The highest BCUT2D eigenvalue weighted by Crippen LogP contribution is 2.17. The average molecular weight is 228 g/mol. The van der Waals surface area contributed by atoms with Crippen molar-refractivity contribution in [2.75, 3.05) is 0 Å². The monoisotopic (exact) mass is 228 g/mol. The Hall–Kier alpha value is -1.90. The van der Waals surface area contributed by atoms with Crippen LogP contribution in [0, 0.1) is 20.8 Å². The highest BCUT2D eigenvalue weighted by atomic mass is 16.1. The third-order valence-corrected chi connectivity index (χ3v) is 2.90. The van der Waals surface area contributed by atoms with Crippen LogP contribution < -0.4 is 0 Å². The number of aryl methyl sites for hydroxylation is 4. The lowest BCUT2D eigenvalue weighted by molar-refractivity contribution is 0.103. The normalized spacial score (nSPS) is 10.6. The number of aromatic nitrogens is 2. The lowest BCUT2D eigenvalue weighted by atomic mass is 9.98. The zero-order valence-corrected chi connectivity index (χ0v) is 10.6. The van der Waals surface area contributed by atoms with E-state index < -0.39 is 0 Å². The second kappa shape index (κ2) is 4.17. The molecule has 3 nitrogen and oxygen atoms in total. The number of carbonyl (C=O) groups excluding carboxylic acids is 1. The molecule has 0 amide bonds. The summed E-state index contributed by atoms with van der Waals surface area (Å²) in [6, 6.07) is 5.93. The maximum absolute atomic E-state index is 12.4. The average Bonchev–Trinajstić information content (AvgIpc) is 2.60. The van der Waals surface area contributed by atoms with Crippen LogP contribution >= 0.6 is 0 Å². The Kier molecular flexibility index (Phi) is 2.84. The number of rotatable bonds is 2. The summed E-state index contributed by atoms with van der Waals surface area (Å²) in [4.78, 5) is 12.4. The molecule has 1 heterocycles. The summed E-state index contributed by atoms with van der Waals surface area (Å²) >= 11 is 0. The molecule has 0 N–H and O–H groups in total. The van der Waals surface area contributed by atoms with E-state index in [1.54, 1.807) is 10.9 Å². The van der Waals surface area contributed by atoms with Crippen LogP contribution in [0.4, 0.5) is 0 Å². The molecule has 0 saturated carbocycles. The fourth-order valence-electron chi connectivity index (χ4n) is 1.95. The van der Waals surface area contributed by atoms with Crippen LogP contribution in [-0.2, 0) is 7.05 Å². The van der Waals surface area contributed by atoms with Gasteiger partial charge in [0.25, 0.3) is 0 Å². The van der Waals surface area contributed by atoms with E-state index in [0.717, 1.165) is 22.4 Å². The van der Waals surface area contributed by atoms with Gasteiger partial charge in [0.1, 0.15) is 0 Å². The summed E-state index contributed by atoms with van der Waals surface area (Å²) in [5.41, 5.74) is 4.32. The Morgan fingerprint density at radius 3 is 2.47 bits per heavy atom. The van der Waals surface area contributed by atoms with Gasteiger partial charge in [-0.3, -0.25) is 9.48 Å². The summed E-state index contributed by atoms with van der Waals surface area (Å²) in [6.07, 6.45) is 1.78. The topological polar surface area (TPSA) is 34.9 Å². The largest absolute Gasteiger partial charge is 0.288 e. The van der Waals surface area contributed by atoms with Crippen LogP contribution in [0.25, 0.3) is 0 Å². The standard InChI is InChI=1S/C14H16N2O/c1-9-5-6-10(2)12(7-9)14(17)13-8-16(4)15-11(13)3/h5-8H,1-4H3. The van der Waals surface area contributed by atoms with Gasteiger partial charge in [-0.1, -0.05) is 17.7 Å². The second-order valence-electron chi connectivity index (χ2n) is 4.45. The molecule has 0 aliphatic rings. The second-order valence-corrected chi connectivity index (χ2v) is 4.45. The number of nitrogens with zero attached hydrogens (tertiary/aromatic N) is 2. The van der Waals surface area contributed by atoms with E-state index in [-0.39, 0.29) is 5.78 Å². The fraction of sp³-hybridized carbons (Fsp3) is 0.286. The van der Waals surface area contributed by atoms with Crippen molar-refractivity contribution in [3.63, 3.8) is 0 Å². The van der Waals surface area contributed by atoms with Gasteiger partial charge in [0.15, 0.2) is 5.78 Å². The molecule has 17 heavy (non-hydrogen) atoms. The van der Waals surface area contributed by atoms with Crippen molar-refractivity contribution in [2.24, 2.45) is 7.05 Å². The van der Waals surface area contributed by atoms with Gasteiger partial charge in [-0.2, -0.15) is 5.10 Å². The van der Waals surface area contributed by atoms with Crippen LogP contribution in [0.3, 0.4) is 0 Å². The summed E-state index contributed by atoms with van der Waals surface area (Å²) in [7, 11) is 1.83. The molecule has 2 rings (SSSR count). The number of benzene rings is 1. The minimum absolute atomic E-state index is 0.0526.